The van der Waals surface area contributed by atoms with Crippen LogP contribution in [0.5, 0.6) is 5.75 Å². The Hall–Kier alpha value is -2.29. The van der Waals surface area contributed by atoms with Crippen molar-refractivity contribution in [2.45, 2.75) is 33.3 Å². The number of para-hydroxylation sites is 1. The molecule has 0 aliphatic heterocycles. The molecule has 1 atom stereocenters. The predicted octanol–water partition coefficient (Wildman–Crippen LogP) is 4.10. The zero-order chi connectivity index (χ0) is 15.2. The van der Waals surface area contributed by atoms with E-state index in [2.05, 4.69) is 12.2 Å². The lowest BCUT2D eigenvalue weighted by molar-refractivity contribution is -0.122. The number of carbonyl (C=O) groups excluding carboxylic acids is 1. The molecular weight excluding hydrogens is 262 g/mol. The van der Waals surface area contributed by atoms with Gasteiger partial charge in [0.25, 0.3) is 5.91 Å². The maximum atomic E-state index is 12.3. The number of aryl methyl sites for hydroxylation is 2. The van der Waals surface area contributed by atoms with Gasteiger partial charge < -0.3 is 10.1 Å². The molecule has 3 nitrogen and oxygen atoms in total. The highest BCUT2D eigenvalue weighted by molar-refractivity contribution is 5.94. The Kier molecular flexibility index (Phi) is 4.99. The van der Waals surface area contributed by atoms with Gasteiger partial charge in [0.1, 0.15) is 5.75 Å². The number of nitrogens with one attached hydrogen (secondary N) is 1. The molecule has 0 bridgehead atoms. The molecule has 1 amide bonds. The van der Waals surface area contributed by atoms with Gasteiger partial charge in [-0.2, -0.15) is 0 Å². The van der Waals surface area contributed by atoms with Gasteiger partial charge >= 0.3 is 0 Å². The Morgan fingerprint density at radius 2 is 1.81 bits per heavy atom. The van der Waals surface area contributed by atoms with Gasteiger partial charge in [0.15, 0.2) is 6.10 Å². The molecule has 2 rings (SSSR count). The van der Waals surface area contributed by atoms with Crippen LogP contribution in [0.2, 0.25) is 0 Å². The maximum Gasteiger partial charge on any atom is 0.265 e. The molecule has 0 saturated heterocycles. The highest BCUT2D eigenvalue weighted by Gasteiger charge is 2.18. The minimum Gasteiger partial charge on any atom is -0.481 e. The van der Waals surface area contributed by atoms with Crippen LogP contribution in [0.25, 0.3) is 0 Å². The minimum atomic E-state index is -0.493. The first-order valence-electron chi connectivity index (χ1n) is 7.20. The number of carbonyl (C=O) groups is 1. The van der Waals surface area contributed by atoms with E-state index in [1.807, 2.05) is 62.4 Å². The molecule has 2 aromatic carbocycles. The zero-order valence-corrected chi connectivity index (χ0v) is 12.7. The average molecular weight is 283 g/mol. The number of anilines is 1. The highest BCUT2D eigenvalue weighted by Crippen LogP contribution is 2.19. The number of hydrogen-bond acceptors (Lipinski definition) is 2. The van der Waals surface area contributed by atoms with Crippen molar-refractivity contribution in [1.82, 2.24) is 0 Å². The Morgan fingerprint density at radius 3 is 2.43 bits per heavy atom. The lowest BCUT2D eigenvalue weighted by atomic mass is 10.1. The molecule has 0 aliphatic carbocycles. The molecule has 0 fully saturated rings. The van der Waals surface area contributed by atoms with Crippen LogP contribution in [0.1, 0.15) is 24.5 Å². The Labute approximate surface area is 126 Å². The Bertz CT molecular complexity index is 608. The largest absolute Gasteiger partial charge is 0.481 e. The summed E-state index contributed by atoms with van der Waals surface area (Å²) in [5.74, 6) is 0.607. The topological polar surface area (TPSA) is 38.3 Å². The van der Waals surface area contributed by atoms with E-state index in [-0.39, 0.29) is 5.91 Å². The zero-order valence-electron chi connectivity index (χ0n) is 12.7. The summed E-state index contributed by atoms with van der Waals surface area (Å²) in [5, 5.41) is 2.88. The molecule has 2 aromatic rings. The molecule has 1 unspecified atom stereocenters. The smallest absolute Gasteiger partial charge is 0.265 e. The molecule has 0 radical (unpaired) electrons. The van der Waals surface area contributed by atoms with E-state index in [9.17, 15) is 4.79 Å². The first kappa shape index (κ1) is 15.1. The van der Waals surface area contributed by atoms with Crippen molar-refractivity contribution in [3.05, 3.63) is 59.7 Å². The molecule has 0 aliphatic rings. The summed E-state index contributed by atoms with van der Waals surface area (Å²) >= 11 is 0. The molecule has 1 N–H and O–H groups in total. The molecule has 0 saturated carbocycles. The van der Waals surface area contributed by atoms with Crippen LogP contribution in [0.15, 0.2) is 48.5 Å². The van der Waals surface area contributed by atoms with E-state index >= 15 is 0 Å². The lowest BCUT2D eigenvalue weighted by Crippen LogP contribution is -2.32. The number of hydrogen-bond donors (Lipinski definition) is 1. The van der Waals surface area contributed by atoms with Gasteiger partial charge in [0.05, 0.1) is 0 Å². The number of benzene rings is 2. The molecular formula is C18H21NO2. The Morgan fingerprint density at radius 1 is 1.10 bits per heavy atom. The average Bonchev–Trinajstić information content (AvgIpc) is 2.49. The van der Waals surface area contributed by atoms with Gasteiger partial charge in [-0.15, -0.1) is 0 Å². The van der Waals surface area contributed by atoms with Crippen molar-refractivity contribution in [2.24, 2.45) is 0 Å². The van der Waals surface area contributed by atoms with Crippen LogP contribution in [0.3, 0.4) is 0 Å². The fraction of sp³-hybridized carbons (Fsp3) is 0.278. The van der Waals surface area contributed by atoms with Crippen LogP contribution >= 0.6 is 0 Å². The van der Waals surface area contributed by atoms with E-state index in [1.54, 1.807) is 0 Å². The summed E-state index contributed by atoms with van der Waals surface area (Å²) in [6, 6.07) is 15.3. The van der Waals surface area contributed by atoms with E-state index in [4.69, 9.17) is 4.74 Å². The van der Waals surface area contributed by atoms with Crippen LogP contribution in [0.4, 0.5) is 5.69 Å². The summed E-state index contributed by atoms with van der Waals surface area (Å²) in [5.41, 5.74) is 3.15. The second-order valence-corrected chi connectivity index (χ2v) is 5.12. The minimum absolute atomic E-state index is 0.123. The lowest BCUT2D eigenvalue weighted by Gasteiger charge is -2.18. The standard InChI is InChI=1S/C18H21NO2/c1-4-17(18(20)19-15-8-6-5-7-9-15)21-16-11-10-13(2)14(3)12-16/h5-12,17H,4H2,1-3H3,(H,19,20). The van der Waals surface area contributed by atoms with Crippen molar-refractivity contribution < 1.29 is 9.53 Å². The summed E-state index contributed by atoms with van der Waals surface area (Å²) in [6.07, 6.45) is 0.123. The summed E-state index contributed by atoms with van der Waals surface area (Å²) in [7, 11) is 0. The summed E-state index contributed by atoms with van der Waals surface area (Å²) in [4.78, 5) is 12.3. The van der Waals surface area contributed by atoms with Crippen LogP contribution in [-0.4, -0.2) is 12.0 Å². The summed E-state index contributed by atoms with van der Waals surface area (Å²) in [6.45, 7) is 6.03. The van der Waals surface area contributed by atoms with Crippen LogP contribution in [-0.2, 0) is 4.79 Å². The predicted molar refractivity (Wildman–Crippen MR) is 85.7 cm³/mol. The van der Waals surface area contributed by atoms with Gasteiger partial charge in [-0.25, -0.2) is 0 Å². The van der Waals surface area contributed by atoms with Gasteiger partial charge in [-0.3, -0.25) is 4.79 Å². The van der Waals surface area contributed by atoms with Gasteiger partial charge in [0.2, 0.25) is 0 Å². The first-order chi connectivity index (χ1) is 10.1. The normalized spacial score (nSPS) is 11.8. The fourth-order valence-electron chi connectivity index (χ4n) is 2.02. The van der Waals surface area contributed by atoms with E-state index < -0.39 is 6.10 Å². The van der Waals surface area contributed by atoms with Crippen molar-refractivity contribution in [3.63, 3.8) is 0 Å². The number of amides is 1. The third-order valence-corrected chi connectivity index (χ3v) is 3.46. The third-order valence-electron chi connectivity index (χ3n) is 3.46. The molecule has 21 heavy (non-hydrogen) atoms. The molecule has 0 heterocycles. The van der Waals surface area contributed by atoms with Gasteiger partial charge in [-0.05, 0) is 55.7 Å². The van der Waals surface area contributed by atoms with Crippen LogP contribution in [0, 0.1) is 13.8 Å². The SMILES string of the molecule is CCC(Oc1ccc(C)c(C)c1)C(=O)Nc1ccccc1. The number of ether oxygens (including phenoxy) is 1. The third kappa shape index (κ3) is 4.09. The second-order valence-electron chi connectivity index (χ2n) is 5.12. The molecule has 0 spiro atoms. The molecule has 0 aromatic heterocycles. The van der Waals surface area contributed by atoms with Crippen molar-refractivity contribution >= 4 is 11.6 Å². The Balaban J connectivity index is 2.05. The highest BCUT2D eigenvalue weighted by atomic mass is 16.5. The van der Waals surface area contributed by atoms with Crippen molar-refractivity contribution in [1.29, 1.82) is 0 Å². The monoisotopic (exact) mass is 283 g/mol. The fourth-order valence-corrected chi connectivity index (χ4v) is 2.02. The van der Waals surface area contributed by atoms with Gasteiger partial charge in [-0.1, -0.05) is 31.2 Å². The van der Waals surface area contributed by atoms with Crippen LogP contribution < -0.4 is 10.1 Å². The maximum absolute atomic E-state index is 12.3. The molecule has 3 heteroatoms. The summed E-state index contributed by atoms with van der Waals surface area (Å²) < 4.78 is 5.82. The van der Waals surface area contributed by atoms with Gasteiger partial charge in [0, 0.05) is 5.69 Å². The van der Waals surface area contributed by atoms with E-state index in [0.29, 0.717) is 6.42 Å². The first-order valence-corrected chi connectivity index (χ1v) is 7.20. The van der Waals surface area contributed by atoms with Crippen molar-refractivity contribution in [3.8, 4) is 5.75 Å². The molecule has 110 valence electrons. The van der Waals surface area contributed by atoms with E-state index in [0.717, 1.165) is 17.0 Å². The second kappa shape index (κ2) is 6.93. The number of rotatable bonds is 5. The van der Waals surface area contributed by atoms with E-state index in [1.165, 1.54) is 5.56 Å². The quantitative estimate of drug-likeness (QED) is 0.897. The van der Waals surface area contributed by atoms with Crippen molar-refractivity contribution in [2.75, 3.05) is 5.32 Å².